The Balaban J connectivity index is 1.94. The van der Waals surface area contributed by atoms with E-state index in [-0.39, 0.29) is 6.61 Å². The second kappa shape index (κ2) is 14.2. The van der Waals surface area contributed by atoms with Gasteiger partial charge in [0.25, 0.3) is 0 Å². The number of hydrogen-bond donors (Lipinski definition) is 0. The zero-order valence-corrected chi connectivity index (χ0v) is 20.8. The lowest BCUT2D eigenvalue weighted by atomic mass is 10.0. The van der Waals surface area contributed by atoms with Crippen molar-refractivity contribution in [1.29, 1.82) is 0 Å². The van der Waals surface area contributed by atoms with Gasteiger partial charge in [0.15, 0.2) is 6.79 Å². The van der Waals surface area contributed by atoms with Crippen molar-refractivity contribution in [3.63, 3.8) is 0 Å². The van der Waals surface area contributed by atoms with Crippen LogP contribution in [0.1, 0.15) is 11.1 Å². The number of halogens is 3. The molecule has 12 heteroatoms. The van der Waals surface area contributed by atoms with Gasteiger partial charge in [-0.3, -0.25) is 4.62 Å². The molecule has 188 valence electrons. The Morgan fingerprint density at radius 3 is 2.65 bits per heavy atom. The van der Waals surface area contributed by atoms with Crippen molar-refractivity contribution < 1.29 is 36.5 Å². The summed E-state index contributed by atoms with van der Waals surface area (Å²) in [5.74, 6) is 1.49. The summed E-state index contributed by atoms with van der Waals surface area (Å²) in [5.41, 5.74) is 0.524. The molecule has 2 rings (SSSR count). The molecule has 2 aromatic rings. The lowest BCUT2D eigenvalue weighted by molar-refractivity contribution is -0.0685. The van der Waals surface area contributed by atoms with E-state index in [9.17, 15) is 13.2 Å². The molecule has 0 saturated heterocycles. The van der Waals surface area contributed by atoms with E-state index in [2.05, 4.69) is 14.3 Å². The molecule has 0 saturated carbocycles. The lowest BCUT2D eigenvalue weighted by Gasteiger charge is -2.22. The van der Waals surface area contributed by atoms with Crippen LogP contribution in [0.25, 0.3) is 0 Å². The summed E-state index contributed by atoms with van der Waals surface area (Å²) in [6.07, 6.45) is 0.973. The molecule has 2 atom stereocenters. The molecule has 34 heavy (non-hydrogen) atoms. The molecule has 0 amide bonds. The number of ether oxygens (including phenoxy) is 3. The van der Waals surface area contributed by atoms with E-state index in [1.165, 1.54) is 0 Å². The predicted octanol–water partition coefficient (Wildman–Crippen LogP) is 5.35. The normalized spacial score (nSPS) is 14.5. The molecule has 0 bridgehead atoms. The van der Waals surface area contributed by atoms with E-state index in [1.54, 1.807) is 7.11 Å². The van der Waals surface area contributed by atoms with Crippen molar-refractivity contribution in [3.8, 4) is 11.5 Å². The van der Waals surface area contributed by atoms with Crippen LogP contribution in [0.4, 0.5) is 8.59 Å². The molecule has 0 aromatic heterocycles. The molecule has 0 N–H and O–H groups in total. The van der Waals surface area contributed by atoms with Crippen LogP contribution in [0.15, 0.2) is 53.7 Å². The molecular weight excluding hydrogens is 493 g/mol. The topological polar surface area (TPSA) is 78.8 Å². The summed E-state index contributed by atoms with van der Waals surface area (Å²) in [6.45, 7) is -0.211. The molecule has 0 fully saturated rings. The summed E-state index contributed by atoms with van der Waals surface area (Å²) < 4.78 is 62.2. The Morgan fingerprint density at radius 1 is 1.18 bits per heavy atom. The molecule has 0 aliphatic rings. The highest BCUT2D eigenvalue weighted by molar-refractivity contribution is 7.48. The molecule has 0 aliphatic heterocycles. The molecule has 0 heterocycles. The van der Waals surface area contributed by atoms with Crippen molar-refractivity contribution >= 4 is 24.9 Å². The first-order chi connectivity index (χ1) is 16.2. The maximum Gasteiger partial charge on any atom is 0.592 e. The quantitative estimate of drug-likeness (QED) is 0.135. The van der Waals surface area contributed by atoms with Gasteiger partial charge in [-0.1, -0.05) is 30.3 Å². The zero-order chi connectivity index (χ0) is 25.0. The minimum atomic E-state index is -5.17. The summed E-state index contributed by atoms with van der Waals surface area (Å²) in [5, 5.41) is 2.43. The van der Waals surface area contributed by atoms with Gasteiger partial charge in [-0.05, 0) is 73.0 Å². The fraction of sp³-hybridized carbons (Fsp3) is 0.409. The number of para-hydroxylation sites is 1. The molecule has 0 spiro atoms. The van der Waals surface area contributed by atoms with Gasteiger partial charge in [0.2, 0.25) is 0 Å². The molecule has 0 aliphatic carbocycles. The first-order valence-corrected chi connectivity index (χ1v) is 12.1. The van der Waals surface area contributed by atoms with E-state index in [4.69, 9.17) is 25.8 Å². The number of nitrogens with zero attached hydrogens (tertiary/aromatic N) is 2. The third-order valence-electron chi connectivity index (χ3n) is 4.50. The highest BCUT2D eigenvalue weighted by Crippen LogP contribution is 2.50. The standard InChI is InChI=1S/C22H28ClF2N2O6P/c1-27(2)14-20(31-16-32-34(25,28)33-26-22(23)24)15-30-21-10-5-4-8-18(21)12-11-17-7-6-9-19(13-17)29-3/h4-10,13,20H,11-12,14-16H2,1-3H3/b26-22-/t20-,34+/m0/s1. The largest absolute Gasteiger partial charge is 0.592 e. The summed E-state index contributed by atoms with van der Waals surface area (Å²) in [7, 11) is 0.105. The lowest BCUT2D eigenvalue weighted by Crippen LogP contribution is -2.34. The monoisotopic (exact) mass is 520 g/mol. The van der Waals surface area contributed by atoms with E-state index in [1.807, 2.05) is 67.5 Å². The zero-order valence-electron chi connectivity index (χ0n) is 19.2. The maximum atomic E-state index is 13.6. The van der Waals surface area contributed by atoms with Gasteiger partial charge in [-0.2, -0.15) is 4.39 Å². The molecule has 0 unspecified atom stereocenters. The Labute approximate surface area is 203 Å². The maximum absolute atomic E-state index is 13.6. The number of oxime groups is 1. The Morgan fingerprint density at radius 2 is 1.94 bits per heavy atom. The second-order valence-electron chi connectivity index (χ2n) is 7.41. The fourth-order valence-corrected chi connectivity index (χ4v) is 3.48. The van der Waals surface area contributed by atoms with Gasteiger partial charge in [0.1, 0.15) is 24.2 Å². The second-order valence-corrected chi connectivity index (χ2v) is 9.01. The average Bonchev–Trinajstić information content (AvgIpc) is 2.80. The van der Waals surface area contributed by atoms with E-state index in [0.717, 1.165) is 29.7 Å². The summed E-state index contributed by atoms with van der Waals surface area (Å²) >= 11 is 4.76. The number of hydrogen-bond acceptors (Lipinski definition) is 8. The van der Waals surface area contributed by atoms with Crippen LogP contribution in [0.3, 0.4) is 0 Å². The van der Waals surface area contributed by atoms with Crippen molar-refractivity contribution in [3.05, 3.63) is 59.7 Å². The SMILES string of the molecule is COc1cccc(CCc2ccccc2OC[C@H](CN(C)C)OCO[P@](=O)(F)O/N=C(\F)Cl)c1. The van der Waals surface area contributed by atoms with Crippen LogP contribution in [-0.2, 0) is 31.3 Å². The fourth-order valence-electron chi connectivity index (χ4n) is 2.99. The van der Waals surface area contributed by atoms with E-state index < -0.39 is 26.2 Å². The van der Waals surface area contributed by atoms with E-state index >= 15 is 0 Å². The summed E-state index contributed by atoms with van der Waals surface area (Å²) in [4.78, 5) is 1.83. The van der Waals surface area contributed by atoms with Crippen LogP contribution in [-0.4, -0.2) is 57.6 Å². The highest BCUT2D eigenvalue weighted by Gasteiger charge is 2.27. The van der Waals surface area contributed by atoms with Crippen LogP contribution >= 0.6 is 19.5 Å². The first-order valence-electron chi connectivity index (χ1n) is 10.3. The first kappa shape index (κ1) is 28.0. The van der Waals surface area contributed by atoms with Crippen LogP contribution < -0.4 is 9.47 Å². The number of aryl methyl sites for hydroxylation is 2. The van der Waals surface area contributed by atoms with Gasteiger partial charge in [0.05, 0.1) is 7.11 Å². The van der Waals surface area contributed by atoms with Gasteiger partial charge < -0.3 is 19.1 Å². The smallest absolute Gasteiger partial charge is 0.497 e. The van der Waals surface area contributed by atoms with Crippen molar-refractivity contribution in [2.45, 2.75) is 18.9 Å². The molecule has 0 radical (unpaired) electrons. The van der Waals surface area contributed by atoms with Gasteiger partial charge in [-0.25, -0.2) is 9.09 Å². The van der Waals surface area contributed by atoms with Gasteiger partial charge in [-0.15, -0.1) is 4.20 Å². The minimum absolute atomic E-state index is 0.115. The van der Waals surface area contributed by atoms with Gasteiger partial charge >= 0.3 is 13.3 Å². The summed E-state index contributed by atoms with van der Waals surface area (Å²) in [6, 6.07) is 15.5. The molecular formula is C22H28ClF2N2O6P. The van der Waals surface area contributed by atoms with Crippen molar-refractivity contribution in [2.24, 2.45) is 5.16 Å². The van der Waals surface area contributed by atoms with Crippen molar-refractivity contribution in [2.75, 3.05) is 41.1 Å². The van der Waals surface area contributed by atoms with Crippen LogP contribution in [0.2, 0.25) is 0 Å². The number of rotatable bonds is 15. The number of methoxy groups -OCH3 is 1. The third kappa shape index (κ3) is 10.8. The third-order valence-corrected chi connectivity index (χ3v) is 5.26. The predicted molar refractivity (Wildman–Crippen MR) is 126 cm³/mol. The molecule has 2 aromatic carbocycles. The molecule has 8 nitrogen and oxygen atoms in total. The van der Waals surface area contributed by atoms with Crippen molar-refractivity contribution in [1.82, 2.24) is 4.90 Å². The van der Waals surface area contributed by atoms with Crippen LogP contribution in [0.5, 0.6) is 11.5 Å². The number of likely N-dealkylation sites (N-methyl/N-ethyl adjacent to an activating group) is 1. The number of benzene rings is 2. The Hall–Kier alpha value is -2.23. The van der Waals surface area contributed by atoms with Gasteiger partial charge in [0, 0.05) is 6.54 Å². The average molecular weight is 521 g/mol. The Kier molecular flexibility index (Phi) is 11.7. The minimum Gasteiger partial charge on any atom is -0.497 e. The van der Waals surface area contributed by atoms with E-state index in [0.29, 0.717) is 12.3 Å². The Bertz CT molecular complexity index is 978. The van der Waals surface area contributed by atoms with Crippen LogP contribution in [0, 0.1) is 0 Å². The highest BCUT2D eigenvalue weighted by atomic mass is 35.5.